The second-order valence-corrected chi connectivity index (χ2v) is 3.68. The van der Waals surface area contributed by atoms with E-state index >= 15 is 0 Å². The van der Waals surface area contributed by atoms with Crippen LogP contribution in [0.1, 0.15) is 24.1 Å². The highest BCUT2D eigenvalue weighted by Gasteiger charge is 1.93. The Morgan fingerprint density at radius 3 is 3.08 bits per heavy atom. The first-order valence-corrected chi connectivity index (χ1v) is 5.09. The van der Waals surface area contributed by atoms with E-state index in [-0.39, 0.29) is 6.42 Å². The van der Waals surface area contributed by atoms with Crippen molar-refractivity contribution >= 4 is 23.4 Å². The second-order valence-electron chi connectivity index (χ2n) is 2.70. The third-order valence-corrected chi connectivity index (χ3v) is 2.42. The molecular weight excluding hydrogens is 184 g/mol. The standard InChI is InChI=1S/C10H12O2S/c11-10(12)7-3-1-2-5-9-6-4-8-13-9/h2,4-6,8H,1,3,7H2,(H,11,12)/b5-2+. The highest BCUT2D eigenvalue weighted by molar-refractivity contribution is 7.10. The number of carboxylic acid groups (broad SMARTS) is 1. The summed E-state index contributed by atoms with van der Waals surface area (Å²) in [7, 11) is 0. The van der Waals surface area contributed by atoms with Crippen LogP contribution in [0, 0.1) is 0 Å². The highest BCUT2D eigenvalue weighted by Crippen LogP contribution is 2.11. The molecule has 0 bridgehead atoms. The fourth-order valence-corrected chi connectivity index (χ4v) is 1.60. The Bertz CT molecular complexity index is 275. The molecule has 0 aliphatic heterocycles. The molecule has 0 aromatic carbocycles. The van der Waals surface area contributed by atoms with Crippen LogP contribution >= 0.6 is 11.3 Å². The van der Waals surface area contributed by atoms with Crippen LogP contribution < -0.4 is 0 Å². The first kappa shape index (κ1) is 9.99. The van der Waals surface area contributed by atoms with Gasteiger partial charge in [-0.15, -0.1) is 11.3 Å². The maximum atomic E-state index is 10.2. The molecule has 1 heterocycles. The molecule has 1 rings (SSSR count). The lowest BCUT2D eigenvalue weighted by atomic mass is 10.2. The summed E-state index contributed by atoms with van der Waals surface area (Å²) in [4.78, 5) is 11.4. The molecule has 0 aliphatic carbocycles. The summed E-state index contributed by atoms with van der Waals surface area (Å²) in [6.45, 7) is 0. The molecule has 1 N–H and O–H groups in total. The first-order chi connectivity index (χ1) is 6.29. The molecule has 1 aromatic rings. The van der Waals surface area contributed by atoms with E-state index in [1.165, 1.54) is 4.88 Å². The summed E-state index contributed by atoms with van der Waals surface area (Å²) < 4.78 is 0. The second kappa shape index (κ2) is 5.54. The number of hydrogen-bond acceptors (Lipinski definition) is 2. The monoisotopic (exact) mass is 196 g/mol. The van der Waals surface area contributed by atoms with Gasteiger partial charge in [0.1, 0.15) is 0 Å². The number of unbranched alkanes of at least 4 members (excludes halogenated alkanes) is 1. The number of hydrogen-bond donors (Lipinski definition) is 1. The van der Waals surface area contributed by atoms with Crippen molar-refractivity contribution in [1.29, 1.82) is 0 Å². The SMILES string of the molecule is O=C(O)CCC/C=C/c1cccs1. The molecule has 0 unspecified atom stereocenters. The fraction of sp³-hybridized carbons (Fsp3) is 0.300. The summed E-state index contributed by atoms with van der Waals surface area (Å²) in [6.07, 6.45) is 5.87. The predicted octanol–water partition coefficient (Wildman–Crippen LogP) is 3.02. The fourth-order valence-electron chi connectivity index (χ4n) is 0.957. The van der Waals surface area contributed by atoms with Gasteiger partial charge >= 0.3 is 5.97 Å². The van der Waals surface area contributed by atoms with E-state index in [0.29, 0.717) is 0 Å². The molecular formula is C10H12O2S. The van der Waals surface area contributed by atoms with Crippen molar-refractivity contribution < 1.29 is 9.90 Å². The lowest BCUT2D eigenvalue weighted by Gasteiger charge is -1.89. The number of rotatable bonds is 5. The van der Waals surface area contributed by atoms with Crippen molar-refractivity contribution in [2.24, 2.45) is 0 Å². The summed E-state index contributed by atoms with van der Waals surface area (Å²) in [6, 6.07) is 4.04. The Morgan fingerprint density at radius 1 is 1.62 bits per heavy atom. The van der Waals surface area contributed by atoms with E-state index in [0.717, 1.165) is 12.8 Å². The molecule has 0 amide bonds. The van der Waals surface area contributed by atoms with Crippen molar-refractivity contribution in [3.63, 3.8) is 0 Å². The summed E-state index contributed by atoms with van der Waals surface area (Å²) >= 11 is 1.68. The van der Waals surface area contributed by atoms with Crippen LogP contribution in [0.4, 0.5) is 0 Å². The number of aliphatic carboxylic acids is 1. The van der Waals surface area contributed by atoms with Gasteiger partial charge in [0.2, 0.25) is 0 Å². The van der Waals surface area contributed by atoms with Gasteiger partial charge in [-0.2, -0.15) is 0 Å². The molecule has 0 aliphatic rings. The van der Waals surface area contributed by atoms with E-state index in [9.17, 15) is 4.79 Å². The summed E-state index contributed by atoms with van der Waals surface area (Å²) in [5.41, 5.74) is 0. The van der Waals surface area contributed by atoms with Gasteiger partial charge < -0.3 is 5.11 Å². The maximum absolute atomic E-state index is 10.2. The van der Waals surface area contributed by atoms with Gasteiger partial charge in [0.25, 0.3) is 0 Å². The van der Waals surface area contributed by atoms with Crippen molar-refractivity contribution in [3.05, 3.63) is 28.5 Å². The van der Waals surface area contributed by atoms with Crippen molar-refractivity contribution in [3.8, 4) is 0 Å². The Labute approximate surface area is 81.5 Å². The zero-order chi connectivity index (χ0) is 9.52. The molecule has 3 heteroatoms. The van der Waals surface area contributed by atoms with Gasteiger partial charge in [-0.1, -0.05) is 12.1 Å². The van der Waals surface area contributed by atoms with Crippen LogP contribution in [0.2, 0.25) is 0 Å². The van der Waals surface area contributed by atoms with Gasteiger partial charge in [0, 0.05) is 11.3 Å². The Morgan fingerprint density at radius 2 is 2.46 bits per heavy atom. The van der Waals surface area contributed by atoms with Crippen molar-refractivity contribution in [2.45, 2.75) is 19.3 Å². The van der Waals surface area contributed by atoms with E-state index in [2.05, 4.69) is 0 Å². The summed E-state index contributed by atoms with van der Waals surface area (Å²) in [5.74, 6) is -0.718. The van der Waals surface area contributed by atoms with Crippen LogP contribution in [0.3, 0.4) is 0 Å². The zero-order valence-corrected chi connectivity index (χ0v) is 8.09. The Hall–Kier alpha value is -1.09. The Kier molecular flexibility index (Phi) is 4.26. The third kappa shape index (κ3) is 4.48. The average Bonchev–Trinajstić information content (AvgIpc) is 2.55. The highest BCUT2D eigenvalue weighted by atomic mass is 32.1. The molecule has 0 fully saturated rings. The molecule has 0 atom stereocenters. The minimum atomic E-state index is -0.718. The van der Waals surface area contributed by atoms with Gasteiger partial charge in [-0.25, -0.2) is 0 Å². The molecule has 1 aromatic heterocycles. The largest absolute Gasteiger partial charge is 0.481 e. The maximum Gasteiger partial charge on any atom is 0.303 e. The topological polar surface area (TPSA) is 37.3 Å². The van der Waals surface area contributed by atoms with Gasteiger partial charge in [0.15, 0.2) is 0 Å². The lowest BCUT2D eigenvalue weighted by molar-refractivity contribution is -0.137. The van der Waals surface area contributed by atoms with E-state index in [4.69, 9.17) is 5.11 Å². The Balaban J connectivity index is 2.16. The molecule has 13 heavy (non-hydrogen) atoms. The van der Waals surface area contributed by atoms with E-state index in [1.54, 1.807) is 11.3 Å². The molecule has 2 nitrogen and oxygen atoms in total. The summed E-state index contributed by atoms with van der Waals surface area (Å²) in [5, 5.41) is 10.4. The van der Waals surface area contributed by atoms with Crippen LogP contribution in [-0.4, -0.2) is 11.1 Å². The number of carbonyl (C=O) groups is 1. The molecule has 0 radical (unpaired) electrons. The minimum absolute atomic E-state index is 0.259. The van der Waals surface area contributed by atoms with Crippen LogP contribution in [0.5, 0.6) is 0 Å². The van der Waals surface area contributed by atoms with Crippen molar-refractivity contribution in [1.82, 2.24) is 0 Å². The van der Waals surface area contributed by atoms with Crippen LogP contribution in [0.25, 0.3) is 6.08 Å². The predicted molar refractivity (Wildman–Crippen MR) is 54.8 cm³/mol. The van der Waals surface area contributed by atoms with Crippen LogP contribution in [0.15, 0.2) is 23.6 Å². The van der Waals surface area contributed by atoms with Crippen LogP contribution in [-0.2, 0) is 4.79 Å². The number of carboxylic acids is 1. The molecule has 0 saturated carbocycles. The van der Waals surface area contributed by atoms with Gasteiger partial charge in [-0.3, -0.25) is 4.79 Å². The third-order valence-electron chi connectivity index (χ3n) is 1.59. The molecule has 0 saturated heterocycles. The van der Waals surface area contributed by atoms with Gasteiger partial charge in [0.05, 0.1) is 0 Å². The average molecular weight is 196 g/mol. The lowest BCUT2D eigenvalue weighted by Crippen LogP contribution is -1.92. The number of allylic oxidation sites excluding steroid dienone is 1. The smallest absolute Gasteiger partial charge is 0.303 e. The van der Waals surface area contributed by atoms with Crippen molar-refractivity contribution in [2.75, 3.05) is 0 Å². The normalized spacial score (nSPS) is 10.8. The minimum Gasteiger partial charge on any atom is -0.481 e. The van der Waals surface area contributed by atoms with Gasteiger partial charge in [-0.05, 0) is 30.4 Å². The molecule has 70 valence electrons. The first-order valence-electron chi connectivity index (χ1n) is 4.21. The van der Waals surface area contributed by atoms with E-state index in [1.807, 2.05) is 29.7 Å². The zero-order valence-electron chi connectivity index (χ0n) is 7.27. The van der Waals surface area contributed by atoms with E-state index < -0.39 is 5.97 Å². The quantitative estimate of drug-likeness (QED) is 0.735. The molecule has 0 spiro atoms. The number of thiophene rings is 1.